The molecule has 0 aliphatic heterocycles. The highest BCUT2D eigenvalue weighted by molar-refractivity contribution is 6.04. The lowest BCUT2D eigenvalue weighted by Gasteiger charge is -2.27. The van der Waals surface area contributed by atoms with Crippen molar-refractivity contribution in [3.05, 3.63) is 72.3 Å². The van der Waals surface area contributed by atoms with E-state index in [2.05, 4.69) is 15.4 Å². The van der Waals surface area contributed by atoms with Crippen LogP contribution in [-0.4, -0.2) is 43.8 Å². The minimum Gasteiger partial charge on any atom is -0.444 e. The van der Waals surface area contributed by atoms with E-state index in [4.69, 9.17) is 4.74 Å². The fraction of sp³-hybridized carbons (Fsp3) is 0.304. The number of anilines is 1. The van der Waals surface area contributed by atoms with Gasteiger partial charge >= 0.3 is 6.09 Å². The number of carbonyl (C=O) groups excluding carboxylic acids is 2. The maximum absolute atomic E-state index is 12.8. The lowest BCUT2D eigenvalue weighted by molar-refractivity contribution is 0.0245. The Hall–Kier alpha value is -3.68. The van der Waals surface area contributed by atoms with Gasteiger partial charge in [0.15, 0.2) is 0 Å². The van der Waals surface area contributed by atoms with Gasteiger partial charge in [0.1, 0.15) is 18.3 Å². The van der Waals surface area contributed by atoms with Crippen LogP contribution in [0.4, 0.5) is 10.5 Å². The number of amides is 2. The molecule has 0 atom stereocenters. The molecule has 0 spiro atoms. The molecule has 8 heteroatoms. The van der Waals surface area contributed by atoms with Crippen molar-refractivity contribution < 1.29 is 14.3 Å². The normalized spacial score (nSPS) is 11.1. The van der Waals surface area contributed by atoms with E-state index in [-0.39, 0.29) is 12.0 Å². The molecule has 0 aliphatic rings. The minimum atomic E-state index is -0.573. The van der Waals surface area contributed by atoms with Gasteiger partial charge in [0, 0.05) is 17.8 Å². The highest BCUT2D eigenvalue weighted by Gasteiger charge is 2.22. The first-order valence-electron chi connectivity index (χ1n) is 10.1. The van der Waals surface area contributed by atoms with Gasteiger partial charge in [-0.15, -0.1) is 0 Å². The number of hydrogen-bond acceptors (Lipinski definition) is 5. The summed E-state index contributed by atoms with van der Waals surface area (Å²) in [6.45, 7) is 8.21. The van der Waals surface area contributed by atoms with Gasteiger partial charge in [-0.25, -0.2) is 14.5 Å². The van der Waals surface area contributed by atoms with Crippen molar-refractivity contribution in [1.82, 2.24) is 19.7 Å². The molecule has 3 rings (SSSR count). The number of nitrogens with zero attached hydrogens (tertiary/aromatic N) is 4. The summed E-state index contributed by atoms with van der Waals surface area (Å²) in [7, 11) is 0. The molecular weight excluding hydrogens is 394 g/mol. The largest absolute Gasteiger partial charge is 0.444 e. The average Bonchev–Trinajstić information content (AvgIpc) is 3.26. The highest BCUT2D eigenvalue weighted by Crippen LogP contribution is 2.20. The molecule has 0 saturated heterocycles. The Morgan fingerprint density at radius 1 is 1.10 bits per heavy atom. The summed E-state index contributed by atoms with van der Waals surface area (Å²) in [6, 6.07) is 14.5. The van der Waals surface area contributed by atoms with E-state index in [1.54, 1.807) is 40.2 Å². The van der Waals surface area contributed by atoms with Crippen molar-refractivity contribution in [1.29, 1.82) is 0 Å². The van der Waals surface area contributed by atoms with E-state index < -0.39 is 5.60 Å². The molecule has 1 aromatic heterocycles. The Labute approximate surface area is 181 Å². The first-order chi connectivity index (χ1) is 14.8. The second-order valence-electron chi connectivity index (χ2n) is 7.99. The molecule has 1 heterocycles. The van der Waals surface area contributed by atoms with Crippen LogP contribution >= 0.6 is 0 Å². The van der Waals surface area contributed by atoms with Gasteiger partial charge in [-0.1, -0.05) is 18.2 Å². The van der Waals surface area contributed by atoms with E-state index in [1.807, 2.05) is 52.0 Å². The van der Waals surface area contributed by atoms with Crippen molar-refractivity contribution in [2.45, 2.75) is 39.8 Å². The maximum Gasteiger partial charge on any atom is 0.410 e. The third-order valence-electron chi connectivity index (χ3n) is 4.47. The van der Waals surface area contributed by atoms with Gasteiger partial charge < -0.3 is 15.0 Å². The number of rotatable bonds is 6. The van der Waals surface area contributed by atoms with Gasteiger partial charge in [-0.05, 0) is 63.6 Å². The second kappa shape index (κ2) is 9.42. The van der Waals surface area contributed by atoms with Gasteiger partial charge in [0.05, 0.1) is 12.2 Å². The van der Waals surface area contributed by atoms with E-state index in [0.29, 0.717) is 24.3 Å². The first-order valence-corrected chi connectivity index (χ1v) is 10.1. The Morgan fingerprint density at radius 3 is 2.42 bits per heavy atom. The van der Waals surface area contributed by atoms with E-state index >= 15 is 0 Å². The Kier molecular flexibility index (Phi) is 6.69. The fourth-order valence-electron chi connectivity index (χ4n) is 2.92. The second-order valence-corrected chi connectivity index (χ2v) is 7.99. The number of para-hydroxylation sites is 1. The molecule has 0 saturated carbocycles. The summed E-state index contributed by atoms with van der Waals surface area (Å²) in [6.07, 6.45) is 2.66. The van der Waals surface area contributed by atoms with Crippen LogP contribution in [-0.2, 0) is 11.3 Å². The zero-order valence-electron chi connectivity index (χ0n) is 18.2. The standard InChI is InChI=1S/C23H27N5O3/c1-5-27(22(30)31-23(2,3)4)14-18-8-6-7-9-20(18)26-21(29)17-10-12-19(13-11-17)28-16-24-15-25-28/h6-13,15-16H,5,14H2,1-4H3,(H,26,29). The number of carbonyl (C=O) groups is 2. The molecule has 8 nitrogen and oxygen atoms in total. The highest BCUT2D eigenvalue weighted by atomic mass is 16.6. The molecule has 3 aromatic rings. The topological polar surface area (TPSA) is 89.4 Å². The third-order valence-corrected chi connectivity index (χ3v) is 4.47. The van der Waals surface area contributed by atoms with Gasteiger partial charge in [-0.2, -0.15) is 5.10 Å². The predicted octanol–water partition coefficient (Wildman–Crippen LogP) is 4.28. The van der Waals surface area contributed by atoms with Crippen LogP contribution in [0.15, 0.2) is 61.2 Å². The lowest BCUT2D eigenvalue weighted by atomic mass is 10.1. The number of aromatic nitrogens is 3. The molecule has 1 N–H and O–H groups in total. The van der Waals surface area contributed by atoms with Gasteiger partial charge in [0.2, 0.25) is 0 Å². The molecular formula is C23H27N5O3. The smallest absolute Gasteiger partial charge is 0.410 e. The molecule has 0 fully saturated rings. The summed E-state index contributed by atoms with van der Waals surface area (Å²) in [5.74, 6) is -0.238. The monoisotopic (exact) mass is 421 g/mol. The van der Waals surface area contributed by atoms with E-state index in [9.17, 15) is 9.59 Å². The van der Waals surface area contributed by atoms with Crippen molar-refractivity contribution in [3.8, 4) is 5.69 Å². The maximum atomic E-state index is 12.8. The fourth-order valence-corrected chi connectivity index (χ4v) is 2.92. The van der Waals surface area contributed by atoms with Crippen molar-refractivity contribution >= 4 is 17.7 Å². The Morgan fingerprint density at radius 2 is 1.81 bits per heavy atom. The van der Waals surface area contributed by atoms with Crippen LogP contribution in [0.3, 0.4) is 0 Å². The van der Waals surface area contributed by atoms with Crippen LogP contribution < -0.4 is 5.32 Å². The quantitative estimate of drug-likeness (QED) is 0.642. The number of ether oxygens (including phenoxy) is 1. The van der Waals surface area contributed by atoms with Gasteiger partial charge in [0.25, 0.3) is 5.91 Å². The van der Waals surface area contributed by atoms with Crippen LogP contribution in [0.2, 0.25) is 0 Å². The van der Waals surface area contributed by atoms with Crippen molar-refractivity contribution in [3.63, 3.8) is 0 Å². The summed E-state index contributed by atoms with van der Waals surface area (Å²) in [5, 5.41) is 7.02. The molecule has 0 radical (unpaired) electrons. The molecule has 0 bridgehead atoms. The van der Waals surface area contributed by atoms with Gasteiger partial charge in [-0.3, -0.25) is 4.79 Å². The minimum absolute atomic E-state index is 0.238. The van der Waals surface area contributed by atoms with Crippen LogP contribution in [0.25, 0.3) is 5.69 Å². The molecule has 0 aliphatic carbocycles. The third kappa shape index (κ3) is 5.91. The zero-order chi connectivity index (χ0) is 22.4. The first kappa shape index (κ1) is 22.0. The Balaban J connectivity index is 1.72. The SMILES string of the molecule is CCN(Cc1ccccc1NC(=O)c1ccc(-n2cncn2)cc1)C(=O)OC(C)(C)C. The van der Waals surface area contributed by atoms with E-state index in [1.165, 1.54) is 6.33 Å². The average molecular weight is 422 g/mol. The lowest BCUT2D eigenvalue weighted by Crippen LogP contribution is -2.36. The zero-order valence-corrected chi connectivity index (χ0v) is 18.2. The van der Waals surface area contributed by atoms with Crippen LogP contribution in [0, 0.1) is 0 Å². The summed E-state index contributed by atoms with van der Waals surface area (Å²) >= 11 is 0. The molecule has 162 valence electrons. The predicted molar refractivity (Wildman–Crippen MR) is 118 cm³/mol. The summed E-state index contributed by atoms with van der Waals surface area (Å²) in [4.78, 5) is 30.8. The molecule has 2 amide bonds. The Bertz CT molecular complexity index is 1020. The molecule has 2 aromatic carbocycles. The van der Waals surface area contributed by atoms with Crippen LogP contribution in [0.5, 0.6) is 0 Å². The molecule has 31 heavy (non-hydrogen) atoms. The number of benzene rings is 2. The summed E-state index contributed by atoms with van der Waals surface area (Å²) in [5.41, 5.74) is 2.22. The number of nitrogens with one attached hydrogen (secondary N) is 1. The van der Waals surface area contributed by atoms with Crippen molar-refractivity contribution in [2.24, 2.45) is 0 Å². The van der Waals surface area contributed by atoms with Crippen LogP contribution in [0.1, 0.15) is 43.6 Å². The summed E-state index contributed by atoms with van der Waals surface area (Å²) < 4.78 is 7.10. The van der Waals surface area contributed by atoms with Crippen molar-refractivity contribution in [2.75, 3.05) is 11.9 Å². The number of hydrogen-bond donors (Lipinski definition) is 1. The van der Waals surface area contributed by atoms with E-state index in [0.717, 1.165) is 11.3 Å². The molecule has 0 unspecified atom stereocenters.